The van der Waals surface area contributed by atoms with Crippen LogP contribution in [0, 0.1) is 0 Å². The molecule has 1 amide bonds. The van der Waals surface area contributed by atoms with Crippen molar-refractivity contribution in [2.24, 2.45) is 0 Å². The Balaban J connectivity index is 1.57. The second-order valence-corrected chi connectivity index (χ2v) is 8.00. The Kier molecular flexibility index (Phi) is 5.35. The van der Waals surface area contributed by atoms with Crippen molar-refractivity contribution in [2.45, 2.75) is 19.5 Å². The maximum absolute atomic E-state index is 12.5. The fourth-order valence-electron chi connectivity index (χ4n) is 4.40. The van der Waals surface area contributed by atoms with Gasteiger partial charge in [0.15, 0.2) is 0 Å². The van der Waals surface area contributed by atoms with Crippen LogP contribution in [-0.2, 0) is 11.3 Å². The molecule has 1 aliphatic rings. The summed E-state index contributed by atoms with van der Waals surface area (Å²) >= 11 is 0. The fourth-order valence-corrected chi connectivity index (χ4v) is 4.40. The van der Waals surface area contributed by atoms with Crippen molar-refractivity contribution in [1.29, 1.82) is 0 Å². The van der Waals surface area contributed by atoms with Gasteiger partial charge in [-0.1, -0.05) is 37.8 Å². The van der Waals surface area contributed by atoms with Crippen molar-refractivity contribution >= 4 is 39.2 Å². The van der Waals surface area contributed by atoms with E-state index in [0.29, 0.717) is 18.9 Å². The summed E-state index contributed by atoms with van der Waals surface area (Å²) in [5, 5.41) is 8.03. The first-order valence-corrected chi connectivity index (χ1v) is 10.9. The van der Waals surface area contributed by atoms with Crippen molar-refractivity contribution in [3.05, 3.63) is 67.3 Å². The van der Waals surface area contributed by atoms with E-state index in [-0.39, 0.29) is 11.9 Å². The molecule has 0 saturated heterocycles. The second-order valence-electron chi connectivity index (χ2n) is 8.00. The van der Waals surface area contributed by atoms with Gasteiger partial charge in [-0.15, -0.1) is 0 Å². The lowest BCUT2D eigenvalue weighted by Crippen LogP contribution is -2.34. The Bertz CT molecular complexity index is 1420. The van der Waals surface area contributed by atoms with Gasteiger partial charge < -0.3 is 20.9 Å². The average molecular weight is 440 g/mol. The van der Waals surface area contributed by atoms with Crippen LogP contribution in [0.1, 0.15) is 12.6 Å². The van der Waals surface area contributed by atoms with Gasteiger partial charge in [-0.05, 0) is 24.3 Å². The molecule has 4 aromatic rings. The molecule has 1 atom stereocenters. The van der Waals surface area contributed by atoms with Crippen LogP contribution in [0.4, 0.5) is 5.82 Å². The van der Waals surface area contributed by atoms with Crippen LogP contribution >= 0.6 is 0 Å². The molecule has 1 aliphatic heterocycles. The zero-order valence-electron chi connectivity index (χ0n) is 18.4. The molecule has 166 valence electrons. The van der Waals surface area contributed by atoms with E-state index in [4.69, 9.17) is 5.73 Å². The molecule has 0 fully saturated rings. The van der Waals surface area contributed by atoms with Gasteiger partial charge >= 0.3 is 0 Å². The summed E-state index contributed by atoms with van der Waals surface area (Å²) in [6, 6.07) is 9.81. The monoisotopic (exact) mass is 439 g/mol. The summed E-state index contributed by atoms with van der Waals surface area (Å²) in [6.45, 7) is 8.38. The summed E-state index contributed by atoms with van der Waals surface area (Å²) in [7, 11) is 0. The van der Waals surface area contributed by atoms with Gasteiger partial charge in [-0.3, -0.25) is 9.78 Å². The molecule has 1 aromatic carbocycles. The number of aromatic nitrogens is 4. The first kappa shape index (κ1) is 20.8. The number of pyridine rings is 1. The number of hydrogen-bond acceptors (Lipinski definition) is 6. The number of likely N-dealkylation sites (N-methyl/N-ethyl adjacent to an activating group) is 1. The van der Waals surface area contributed by atoms with Crippen LogP contribution in [0.2, 0.25) is 0 Å². The second kappa shape index (κ2) is 8.48. The first-order chi connectivity index (χ1) is 16.1. The van der Waals surface area contributed by atoms with Crippen molar-refractivity contribution in [1.82, 2.24) is 30.2 Å². The van der Waals surface area contributed by atoms with Gasteiger partial charge in [0, 0.05) is 41.9 Å². The first-order valence-electron chi connectivity index (χ1n) is 10.9. The third-order valence-corrected chi connectivity index (χ3v) is 5.94. The van der Waals surface area contributed by atoms with Crippen LogP contribution < -0.4 is 16.4 Å². The molecule has 0 unspecified atom stereocenters. The van der Waals surface area contributed by atoms with Gasteiger partial charge in [0.1, 0.15) is 17.8 Å². The quantitative estimate of drug-likeness (QED) is 0.315. The number of nitrogens with one attached hydrogen (secondary N) is 2. The highest BCUT2D eigenvalue weighted by Gasteiger charge is 2.34. The zero-order valence-corrected chi connectivity index (χ0v) is 18.4. The van der Waals surface area contributed by atoms with Crippen LogP contribution in [0.5, 0.6) is 0 Å². The van der Waals surface area contributed by atoms with E-state index in [2.05, 4.69) is 42.8 Å². The Labute approximate surface area is 191 Å². The summed E-state index contributed by atoms with van der Waals surface area (Å²) < 4.78 is 2.06. The maximum atomic E-state index is 12.5. The van der Waals surface area contributed by atoms with Crippen molar-refractivity contribution < 1.29 is 4.79 Å². The number of fused-ring (bicyclic) bond motifs is 4. The van der Waals surface area contributed by atoms with E-state index in [1.54, 1.807) is 6.08 Å². The maximum Gasteiger partial charge on any atom is 0.244 e. The van der Waals surface area contributed by atoms with Gasteiger partial charge in [0.05, 0.1) is 22.6 Å². The van der Waals surface area contributed by atoms with Crippen LogP contribution in [0.3, 0.4) is 0 Å². The van der Waals surface area contributed by atoms with E-state index in [1.807, 2.05) is 43.5 Å². The number of nitrogens with two attached hydrogens (primary N) is 1. The summed E-state index contributed by atoms with van der Waals surface area (Å²) in [5.41, 5.74) is 11.5. The topological polar surface area (TPSA) is 111 Å². The minimum Gasteiger partial charge on any atom is -0.383 e. The predicted octanol–water partition coefficient (Wildman–Crippen LogP) is 2.91. The Morgan fingerprint density at radius 3 is 3.00 bits per heavy atom. The van der Waals surface area contributed by atoms with E-state index >= 15 is 0 Å². The zero-order chi connectivity index (χ0) is 22.9. The van der Waals surface area contributed by atoms with E-state index < -0.39 is 0 Å². The lowest BCUT2D eigenvalue weighted by molar-refractivity contribution is -0.116. The normalized spacial score (nSPS) is 15.5. The Hall–Kier alpha value is -4.04. The molecular weight excluding hydrogens is 414 g/mol. The van der Waals surface area contributed by atoms with Gasteiger partial charge in [-0.2, -0.15) is 0 Å². The standard InChI is InChI=1S/C25H25N7O/c1-3-27-10-6-9-20(33)31-19-13-32-23(15(19)2)21(22-24(26)29-14-30-25(22)32)17-11-16-7-4-5-8-18(16)28-12-17/h4-9,11-12,14,19,27H,2-3,10,13H2,1H3,(H,31,33)(H2,26,29,30)/b9-6+/t19-/m1/s1. The number of carbonyl (C=O) groups excluding carboxylic acids is 1. The molecule has 8 nitrogen and oxygen atoms in total. The van der Waals surface area contributed by atoms with E-state index in [9.17, 15) is 4.79 Å². The number of anilines is 1. The largest absolute Gasteiger partial charge is 0.383 e. The number of para-hydroxylation sites is 1. The summed E-state index contributed by atoms with van der Waals surface area (Å²) in [5.74, 6) is 0.252. The van der Waals surface area contributed by atoms with E-state index in [0.717, 1.165) is 50.9 Å². The molecule has 5 rings (SSSR count). The Morgan fingerprint density at radius 1 is 1.30 bits per heavy atom. The van der Waals surface area contributed by atoms with Gasteiger partial charge in [0.2, 0.25) is 5.91 Å². The van der Waals surface area contributed by atoms with Gasteiger partial charge in [0.25, 0.3) is 0 Å². The van der Waals surface area contributed by atoms with Gasteiger partial charge in [-0.25, -0.2) is 9.97 Å². The molecule has 3 aromatic heterocycles. The molecule has 0 saturated carbocycles. The molecular formula is C25H25N7O. The minimum atomic E-state index is -0.246. The van der Waals surface area contributed by atoms with Crippen molar-refractivity contribution in [3.8, 4) is 11.1 Å². The molecule has 8 heteroatoms. The van der Waals surface area contributed by atoms with Crippen LogP contribution in [-0.4, -0.2) is 44.6 Å². The number of nitrogen functional groups attached to an aromatic ring is 1. The number of amides is 1. The van der Waals surface area contributed by atoms with Crippen LogP contribution in [0.25, 0.3) is 38.6 Å². The number of hydrogen-bond donors (Lipinski definition) is 3. The number of carbonyl (C=O) groups is 1. The number of nitrogens with zero attached hydrogens (tertiary/aromatic N) is 4. The van der Waals surface area contributed by atoms with Crippen molar-refractivity contribution in [2.75, 3.05) is 18.8 Å². The third-order valence-electron chi connectivity index (χ3n) is 5.94. The third kappa shape index (κ3) is 3.64. The highest BCUT2D eigenvalue weighted by atomic mass is 16.1. The lowest BCUT2D eigenvalue weighted by atomic mass is 9.98. The predicted molar refractivity (Wildman–Crippen MR) is 131 cm³/mol. The smallest absolute Gasteiger partial charge is 0.244 e. The molecule has 0 radical (unpaired) electrons. The molecule has 4 heterocycles. The highest BCUT2D eigenvalue weighted by Crippen LogP contribution is 2.44. The SMILES string of the molecule is C=C1c2c(-c3cnc4ccccc4c3)c3c(N)ncnc3n2C[C@H]1NC(=O)/C=C/CNCC. The van der Waals surface area contributed by atoms with Crippen molar-refractivity contribution in [3.63, 3.8) is 0 Å². The minimum absolute atomic E-state index is 0.155. The van der Waals surface area contributed by atoms with E-state index in [1.165, 1.54) is 6.33 Å². The molecule has 0 bridgehead atoms. The highest BCUT2D eigenvalue weighted by molar-refractivity contribution is 6.08. The molecule has 0 spiro atoms. The molecule has 0 aliphatic carbocycles. The number of benzene rings is 1. The fraction of sp³-hybridized carbons (Fsp3) is 0.200. The summed E-state index contributed by atoms with van der Waals surface area (Å²) in [6.07, 6.45) is 6.67. The average Bonchev–Trinajstić information content (AvgIpc) is 3.32. The number of rotatable bonds is 6. The van der Waals surface area contributed by atoms with Crippen LogP contribution in [0.15, 0.2) is 61.6 Å². The molecule has 4 N–H and O–H groups in total. The Morgan fingerprint density at radius 2 is 2.15 bits per heavy atom. The summed E-state index contributed by atoms with van der Waals surface area (Å²) in [4.78, 5) is 25.8. The molecule has 33 heavy (non-hydrogen) atoms. The lowest BCUT2D eigenvalue weighted by Gasteiger charge is -2.14.